The van der Waals surface area contributed by atoms with Crippen LogP contribution in [-0.4, -0.2) is 15.7 Å². The lowest BCUT2D eigenvalue weighted by atomic mass is 10.0. The van der Waals surface area contributed by atoms with Crippen LogP contribution in [0.4, 0.5) is 5.13 Å². The zero-order valence-electron chi connectivity index (χ0n) is 7.76. The van der Waals surface area contributed by atoms with E-state index in [0.717, 1.165) is 9.09 Å². The minimum Gasteiger partial charge on any atom is -0.354 e. The molecule has 0 atom stereocenters. The van der Waals surface area contributed by atoms with Gasteiger partial charge in [-0.25, -0.2) is 0 Å². The first kappa shape index (κ1) is 9.15. The van der Waals surface area contributed by atoms with Crippen LogP contribution >= 0.6 is 23.6 Å². The summed E-state index contributed by atoms with van der Waals surface area (Å²) in [4.78, 5) is 0. The van der Waals surface area contributed by atoms with E-state index < -0.39 is 0 Å². The van der Waals surface area contributed by atoms with E-state index in [1.165, 1.54) is 24.2 Å². The average Bonchev–Trinajstić information content (AvgIpc) is 2.72. The molecule has 0 aromatic carbocycles. The fourth-order valence-electron chi connectivity index (χ4n) is 1.48. The van der Waals surface area contributed by atoms with E-state index in [2.05, 4.69) is 29.4 Å². The van der Waals surface area contributed by atoms with Crippen LogP contribution in [-0.2, 0) is 0 Å². The van der Waals surface area contributed by atoms with Crippen LogP contribution in [0.5, 0.6) is 0 Å². The molecule has 0 spiro atoms. The van der Waals surface area contributed by atoms with Gasteiger partial charge in [-0.3, -0.25) is 5.10 Å². The van der Waals surface area contributed by atoms with E-state index in [9.17, 15) is 0 Å². The summed E-state index contributed by atoms with van der Waals surface area (Å²) in [5.41, 5.74) is 0.299. The smallest absolute Gasteiger partial charge is 0.204 e. The molecular weight excluding hydrogens is 202 g/mol. The fourth-order valence-corrected chi connectivity index (χ4v) is 2.37. The van der Waals surface area contributed by atoms with Gasteiger partial charge in [-0.15, -0.1) is 5.10 Å². The number of hydrogen-bond donors (Lipinski definition) is 2. The minimum atomic E-state index is 0.299. The third-order valence-electron chi connectivity index (χ3n) is 2.69. The van der Waals surface area contributed by atoms with Crippen molar-refractivity contribution in [2.45, 2.75) is 32.2 Å². The number of aromatic nitrogens is 2. The van der Waals surface area contributed by atoms with Gasteiger partial charge in [0.1, 0.15) is 0 Å². The first-order valence-corrected chi connectivity index (χ1v) is 5.68. The maximum absolute atomic E-state index is 4.97. The second kappa shape index (κ2) is 3.06. The van der Waals surface area contributed by atoms with E-state index in [1.807, 2.05) is 0 Å². The maximum atomic E-state index is 4.97. The van der Waals surface area contributed by atoms with Crippen molar-refractivity contribution in [3.05, 3.63) is 3.95 Å². The van der Waals surface area contributed by atoms with Crippen molar-refractivity contribution >= 4 is 28.7 Å². The molecule has 1 fully saturated rings. The summed E-state index contributed by atoms with van der Waals surface area (Å²) in [6, 6.07) is 0. The van der Waals surface area contributed by atoms with Gasteiger partial charge in [0.05, 0.1) is 0 Å². The Balaban J connectivity index is 2.10. The van der Waals surface area contributed by atoms with Crippen molar-refractivity contribution in [1.29, 1.82) is 0 Å². The summed E-state index contributed by atoms with van der Waals surface area (Å²) in [6.07, 6.45) is 2.49. The Morgan fingerprint density at radius 3 is 2.69 bits per heavy atom. The highest BCUT2D eigenvalue weighted by molar-refractivity contribution is 7.73. The lowest BCUT2D eigenvalue weighted by Crippen LogP contribution is -2.27. The van der Waals surface area contributed by atoms with Gasteiger partial charge in [0.25, 0.3) is 0 Å². The predicted molar refractivity (Wildman–Crippen MR) is 57.7 cm³/mol. The summed E-state index contributed by atoms with van der Waals surface area (Å²) in [6.45, 7) is 4.48. The van der Waals surface area contributed by atoms with Crippen LogP contribution in [0.2, 0.25) is 0 Å². The van der Waals surface area contributed by atoms with Gasteiger partial charge in [0.2, 0.25) is 5.13 Å². The quantitative estimate of drug-likeness (QED) is 0.762. The van der Waals surface area contributed by atoms with Crippen molar-refractivity contribution in [3.8, 4) is 0 Å². The minimum absolute atomic E-state index is 0.299. The van der Waals surface area contributed by atoms with Crippen LogP contribution in [0.25, 0.3) is 0 Å². The first-order valence-electron chi connectivity index (χ1n) is 4.46. The summed E-state index contributed by atoms with van der Waals surface area (Å²) in [5, 5.41) is 11.3. The lowest BCUT2D eigenvalue weighted by Gasteiger charge is -2.20. The Morgan fingerprint density at radius 1 is 1.62 bits per heavy atom. The van der Waals surface area contributed by atoms with E-state index in [1.54, 1.807) is 0 Å². The summed E-state index contributed by atoms with van der Waals surface area (Å²) < 4.78 is 0.738. The molecular formula is C8H13N3S2. The molecule has 0 aliphatic heterocycles. The van der Waals surface area contributed by atoms with Crippen molar-refractivity contribution < 1.29 is 0 Å². The van der Waals surface area contributed by atoms with Crippen LogP contribution in [0, 0.1) is 9.87 Å². The van der Waals surface area contributed by atoms with Crippen LogP contribution in [0.3, 0.4) is 0 Å². The average molecular weight is 215 g/mol. The summed E-state index contributed by atoms with van der Waals surface area (Å²) >= 11 is 6.48. The number of nitrogens with zero attached hydrogens (tertiary/aromatic N) is 1. The predicted octanol–water partition coefficient (Wildman–Crippen LogP) is 2.80. The van der Waals surface area contributed by atoms with Gasteiger partial charge in [0.15, 0.2) is 3.95 Å². The standard InChI is InChI=1S/C8H13N3S2/c1-5(2)8(3-4-8)9-6-10-11-7(12)13-6/h5H,3-4H2,1-2H3,(H,9,10)(H,11,12). The highest BCUT2D eigenvalue weighted by Crippen LogP contribution is 2.45. The zero-order chi connectivity index (χ0) is 9.47. The van der Waals surface area contributed by atoms with Gasteiger partial charge in [-0.05, 0) is 31.0 Å². The molecule has 0 radical (unpaired) electrons. The molecule has 72 valence electrons. The third kappa shape index (κ3) is 1.76. The van der Waals surface area contributed by atoms with Crippen LogP contribution in [0.15, 0.2) is 0 Å². The monoisotopic (exact) mass is 215 g/mol. The number of H-pyrrole nitrogens is 1. The van der Waals surface area contributed by atoms with Crippen LogP contribution in [0.1, 0.15) is 26.7 Å². The Kier molecular flexibility index (Phi) is 2.15. The molecule has 0 bridgehead atoms. The second-order valence-corrected chi connectivity index (χ2v) is 5.52. The van der Waals surface area contributed by atoms with Gasteiger partial charge < -0.3 is 5.32 Å². The Hall–Kier alpha value is -0.420. The molecule has 0 amide bonds. The number of rotatable bonds is 3. The number of nitrogens with one attached hydrogen (secondary N) is 2. The highest BCUT2D eigenvalue weighted by atomic mass is 32.1. The molecule has 0 unspecified atom stereocenters. The lowest BCUT2D eigenvalue weighted by molar-refractivity contribution is 0.511. The van der Waals surface area contributed by atoms with Crippen molar-refractivity contribution in [3.63, 3.8) is 0 Å². The van der Waals surface area contributed by atoms with Gasteiger partial charge >= 0.3 is 0 Å². The van der Waals surface area contributed by atoms with Crippen molar-refractivity contribution in [1.82, 2.24) is 10.2 Å². The molecule has 13 heavy (non-hydrogen) atoms. The van der Waals surface area contributed by atoms with E-state index in [-0.39, 0.29) is 0 Å². The molecule has 0 saturated heterocycles. The first-order chi connectivity index (χ1) is 6.12. The van der Waals surface area contributed by atoms with Crippen molar-refractivity contribution in [2.75, 3.05) is 5.32 Å². The van der Waals surface area contributed by atoms with Crippen molar-refractivity contribution in [2.24, 2.45) is 5.92 Å². The normalized spacial score (nSPS) is 19.0. The Labute approximate surface area is 86.6 Å². The van der Waals surface area contributed by atoms with E-state index >= 15 is 0 Å². The molecule has 1 aromatic heterocycles. The SMILES string of the molecule is CC(C)C1(Nc2n[nH]c(=S)s2)CC1. The molecule has 2 rings (SSSR count). The highest BCUT2D eigenvalue weighted by Gasteiger charge is 2.45. The molecule has 1 aromatic rings. The van der Waals surface area contributed by atoms with Crippen LogP contribution < -0.4 is 5.32 Å². The number of hydrogen-bond acceptors (Lipinski definition) is 4. The Bertz CT molecular complexity index is 348. The molecule has 1 aliphatic carbocycles. The third-order valence-corrected chi connectivity index (χ3v) is 3.69. The second-order valence-electron chi connectivity index (χ2n) is 3.85. The molecule has 1 aliphatic rings. The van der Waals surface area contributed by atoms with Gasteiger partial charge in [-0.2, -0.15) is 0 Å². The molecule has 3 nitrogen and oxygen atoms in total. The molecule has 1 heterocycles. The maximum Gasteiger partial charge on any atom is 0.204 e. The van der Waals surface area contributed by atoms with Gasteiger partial charge in [0, 0.05) is 5.54 Å². The molecule has 2 N–H and O–H groups in total. The number of aromatic amines is 1. The van der Waals surface area contributed by atoms with E-state index in [0.29, 0.717) is 11.5 Å². The Morgan fingerprint density at radius 2 is 2.31 bits per heavy atom. The van der Waals surface area contributed by atoms with E-state index in [4.69, 9.17) is 12.2 Å². The number of anilines is 1. The summed E-state index contributed by atoms with van der Waals surface area (Å²) in [7, 11) is 0. The van der Waals surface area contributed by atoms with Gasteiger partial charge in [-0.1, -0.05) is 25.2 Å². The summed E-state index contributed by atoms with van der Waals surface area (Å²) in [5.74, 6) is 0.657. The topological polar surface area (TPSA) is 40.7 Å². The largest absolute Gasteiger partial charge is 0.354 e. The molecule has 1 saturated carbocycles. The molecule has 5 heteroatoms. The fraction of sp³-hybridized carbons (Fsp3) is 0.750. The zero-order valence-corrected chi connectivity index (χ0v) is 9.39.